The largest absolute Gasteiger partial charge is 0.459 e. The number of carbonyl (C=O) groups excluding carboxylic acids is 7. The van der Waals surface area contributed by atoms with Gasteiger partial charge in [0.05, 0.1) is 69.5 Å². The Morgan fingerprint density at radius 1 is 0.470 bits per heavy atom. The first-order valence-electron chi connectivity index (χ1n) is 44.4. The highest BCUT2D eigenvalue weighted by Gasteiger charge is 2.61. The number of fused-ring (bicyclic) bond motifs is 5. The van der Waals surface area contributed by atoms with Gasteiger partial charge in [0.1, 0.15) is 24.9 Å². The number of hydrogen-bond donors (Lipinski definition) is 4. The average Bonchev–Trinajstić information content (AvgIpc) is 1.70. The van der Waals surface area contributed by atoms with Crippen LogP contribution in [0, 0.1) is 52.3 Å². The van der Waals surface area contributed by atoms with E-state index in [0.717, 1.165) is 82.5 Å². The molecule has 22 nitrogen and oxygen atoms in total. The lowest BCUT2D eigenvalue weighted by Crippen LogP contribution is -2.58. The molecule has 6 unspecified atom stereocenters. The maximum Gasteiger partial charge on any atom is 0.407 e. The van der Waals surface area contributed by atoms with Gasteiger partial charge < -0.3 is 73.4 Å². The van der Waals surface area contributed by atoms with Crippen molar-refractivity contribution in [3.05, 3.63) is 120 Å². The molecule has 3 aromatic rings. The normalized spacial score (nSPS) is 24.5. The van der Waals surface area contributed by atoms with Crippen molar-refractivity contribution in [2.75, 3.05) is 98.9 Å². The van der Waals surface area contributed by atoms with Crippen LogP contribution >= 0.6 is 0 Å². The summed E-state index contributed by atoms with van der Waals surface area (Å²) in [6, 6.07) is 25.3. The van der Waals surface area contributed by atoms with Crippen molar-refractivity contribution in [2.24, 2.45) is 52.3 Å². The second-order valence-corrected chi connectivity index (χ2v) is 33.4. The molecule has 3 aromatic carbocycles. The monoisotopic (exact) mass is 1600 g/mol. The first kappa shape index (κ1) is 93.5. The molecule has 8 rings (SSSR count). The number of benzene rings is 3. The highest BCUT2D eigenvalue weighted by Crippen LogP contribution is 2.68. The van der Waals surface area contributed by atoms with Gasteiger partial charge in [0, 0.05) is 58.2 Å². The lowest BCUT2D eigenvalue weighted by Gasteiger charge is -2.61. The Bertz CT molecular complexity index is 3280. The molecule has 0 radical (unpaired) electrons. The molecule has 0 bridgehead atoms. The van der Waals surface area contributed by atoms with Gasteiger partial charge in [-0.15, -0.1) is 0 Å². The summed E-state index contributed by atoms with van der Waals surface area (Å²) in [4.78, 5) is 90.9. The summed E-state index contributed by atoms with van der Waals surface area (Å²) in [5, 5.41) is 11.9. The van der Waals surface area contributed by atoms with Crippen molar-refractivity contribution in [3.8, 4) is 0 Å². The fourth-order valence-electron chi connectivity index (χ4n) is 18.6. The summed E-state index contributed by atoms with van der Waals surface area (Å²) in [6.45, 7) is 16.8. The molecule has 5 aliphatic rings. The Morgan fingerprint density at radius 3 is 1.61 bits per heavy atom. The third-order valence-electron chi connectivity index (χ3n) is 25.1. The molecule has 1 saturated heterocycles. The van der Waals surface area contributed by atoms with E-state index in [-0.39, 0.29) is 74.1 Å². The van der Waals surface area contributed by atoms with Gasteiger partial charge in [0.15, 0.2) is 12.4 Å². The van der Waals surface area contributed by atoms with E-state index in [0.29, 0.717) is 125 Å². The van der Waals surface area contributed by atoms with Crippen LogP contribution in [-0.2, 0) is 61.7 Å². The molecule has 0 spiro atoms. The third kappa shape index (κ3) is 32.7. The predicted molar refractivity (Wildman–Crippen MR) is 444 cm³/mol. The van der Waals surface area contributed by atoms with Gasteiger partial charge in [-0.1, -0.05) is 172 Å². The summed E-state index contributed by atoms with van der Waals surface area (Å²) in [7, 11) is 0. The summed E-state index contributed by atoms with van der Waals surface area (Å²) in [5.74, 6) is 0.992. The van der Waals surface area contributed by atoms with Gasteiger partial charge in [-0.25, -0.2) is 24.0 Å². The lowest BCUT2D eigenvalue weighted by atomic mass is 9.44. The zero-order chi connectivity index (χ0) is 81.6. The van der Waals surface area contributed by atoms with E-state index in [2.05, 4.69) is 61.1 Å². The molecular weight excluding hydrogens is 1460 g/mol. The Balaban J connectivity index is 0.563. The fraction of sp³-hybridized carbons (Fsp3) is 0.710. The zero-order valence-electron chi connectivity index (χ0n) is 70.3. The first-order chi connectivity index (χ1) is 56.1. The van der Waals surface area contributed by atoms with E-state index in [1.807, 2.05) is 0 Å². The van der Waals surface area contributed by atoms with Gasteiger partial charge in [-0.2, -0.15) is 0 Å². The second-order valence-electron chi connectivity index (χ2n) is 33.4. The van der Waals surface area contributed by atoms with E-state index in [1.54, 1.807) is 97.9 Å². The minimum atomic E-state index is -1.19. The number of ether oxygens (including phenoxy) is 11. The fourth-order valence-corrected chi connectivity index (χ4v) is 18.6. The van der Waals surface area contributed by atoms with Gasteiger partial charge in [-0.05, 0) is 205 Å². The molecule has 14 atom stereocenters. The predicted octanol–water partition coefficient (Wildman–Crippen LogP) is 17.6. The average molecular weight is 1600 g/mol. The minimum Gasteiger partial charge on any atom is -0.459 e. The van der Waals surface area contributed by atoms with Crippen LogP contribution in [0.1, 0.15) is 271 Å². The van der Waals surface area contributed by atoms with Gasteiger partial charge in [-0.3, -0.25) is 9.59 Å². The Hall–Kier alpha value is -6.95. The number of hydrogen-bond acceptors (Lipinski definition) is 18. The van der Waals surface area contributed by atoms with Crippen molar-refractivity contribution >= 4 is 41.9 Å². The molecule has 642 valence electrons. The van der Waals surface area contributed by atoms with Crippen molar-refractivity contribution in [1.29, 1.82) is 0 Å². The van der Waals surface area contributed by atoms with Crippen LogP contribution in [-0.4, -0.2) is 171 Å². The summed E-state index contributed by atoms with van der Waals surface area (Å²) >= 11 is 0. The topological polar surface area (TPSA) is 269 Å². The Morgan fingerprint density at radius 2 is 0.974 bits per heavy atom. The van der Waals surface area contributed by atoms with Crippen LogP contribution in [0.5, 0.6) is 0 Å². The van der Waals surface area contributed by atoms with Gasteiger partial charge >= 0.3 is 30.1 Å². The molecule has 4 saturated carbocycles. The maximum absolute atomic E-state index is 13.5. The summed E-state index contributed by atoms with van der Waals surface area (Å²) < 4.78 is 65.1. The standard InChI is InChI=1S/C93H142N4O18/c1-6-7-8-9-10-11-12-13-14-15-16-17-18-19-20-34-55-97-91(104)112-76-50-52-92(4)75(67-76)46-47-77-79-49-48-78(93(79,5)53-51-80(77)92)70(2)68-111-90(103)96-54-35-24-32-44-82(98)94-56-37-59-106-62-61-105-58-36-25-33-45-83(99)95-57-60-107-63-64-108-65-66-109-89-71(3)84(114-87(101)73-40-28-22-29-41-73)85(115-88(102)74-42-30-23-31-43-74)81(113-89)69-110-86(100)72-38-26-21-27-39-72/h13-14,21-23,26-31,38-43,70-71,75-81,84-85,89H,6-12,15-20,24-25,32-37,44-69H2,1-5H3,(H,94,98)(H,95,99)(H,96,103)(H,97,104)/b14-13-/t70-,71?,75?,76-,77?,78-,79?,80?,81?,84-,85+,89-,92+,93-/m1/s1. The van der Waals surface area contributed by atoms with Crippen LogP contribution in [0.2, 0.25) is 0 Å². The summed E-state index contributed by atoms with van der Waals surface area (Å²) in [6.07, 6.45) is 34.7. The third-order valence-corrected chi connectivity index (χ3v) is 25.1. The second kappa shape index (κ2) is 53.5. The molecule has 4 aliphatic carbocycles. The molecular formula is C93H142N4O18. The number of nitrogens with one attached hydrogen (secondary N) is 4. The molecule has 22 heteroatoms. The summed E-state index contributed by atoms with van der Waals surface area (Å²) in [5.41, 5.74) is 1.45. The number of rotatable bonds is 56. The highest BCUT2D eigenvalue weighted by molar-refractivity contribution is 5.91. The van der Waals surface area contributed by atoms with Crippen LogP contribution in [0.4, 0.5) is 9.59 Å². The highest BCUT2D eigenvalue weighted by atomic mass is 16.7. The molecule has 4 amide bonds. The van der Waals surface area contributed by atoms with Crippen molar-refractivity contribution in [3.63, 3.8) is 0 Å². The maximum atomic E-state index is 13.5. The Labute approximate surface area is 687 Å². The van der Waals surface area contributed by atoms with Crippen molar-refractivity contribution in [2.45, 2.75) is 271 Å². The smallest absolute Gasteiger partial charge is 0.407 e. The van der Waals surface area contributed by atoms with Crippen LogP contribution in [0.3, 0.4) is 0 Å². The number of esters is 3. The number of alkyl carbamates (subject to hydrolysis) is 2. The number of amides is 4. The molecule has 115 heavy (non-hydrogen) atoms. The number of allylic oxidation sites excluding steroid dienone is 2. The molecule has 4 N–H and O–H groups in total. The zero-order valence-corrected chi connectivity index (χ0v) is 70.3. The van der Waals surface area contributed by atoms with Crippen LogP contribution in [0.15, 0.2) is 103 Å². The molecule has 5 fully saturated rings. The van der Waals surface area contributed by atoms with Crippen molar-refractivity contribution < 1.29 is 85.7 Å². The van der Waals surface area contributed by atoms with E-state index in [1.165, 1.54) is 116 Å². The molecule has 0 aromatic heterocycles. The van der Waals surface area contributed by atoms with E-state index < -0.39 is 48.4 Å². The van der Waals surface area contributed by atoms with E-state index in [4.69, 9.17) is 52.1 Å². The first-order valence-corrected chi connectivity index (χ1v) is 44.4. The van der Waals surface area contributed by atoms with E-state index in [9.17, 15) is 33.6 Å². The quantitative estimate of drug-likeness (QED) is 0.0177. The van der Waals surface area contributed by atoms with Crippen LogP contribution in [0.25, 0.3) is 0 Å². The van der Waals surface area contributed by atoms with Crippen LogP contribution < -0.4 is 21.3 Å². The van der Waals surface area contributed by atoms with Crippen molar-refractivity contribution in [1.82, 2.24) is 21.3 Å². The Kier molecular flexibility index (Phi) is 43.5. The molecule has 1 heterocycles. The SMILES string of the molecule is CCCCCCCC/C=C\CCCCCCCCNC(=O)O[C@@H]1CC[C@@]2(C)C(CCC3C2CC[C@@]2(C)C3CC[C@@H]2[C@H](C)COC(=O)NCCCCCC(=O)NCCCOCCOCCCCCC(=O)NCCOCCOCCO[C@@H]2OC(COC(=O)c3ccccc3)[C@H](OC(=O)c3ccccc3)[C@H](OC(=O)c3ccccc3)C2C)C1. The van der Waals surface area contributed by atoms with E-state index >= 15 is 0 Å². The number of carbonyl (C=O) groups is 7. The lowest BCUT2D eigenvalue weighted by molar-refractivity contribution is -0.282. The molecule has 1 aliphatic heterocycles. The van der Waals surface area contributed by atoms with Gasteiger partial charge in [0.2, 0.25) is 11.8 Å². The number of unbranched alkanes of at least 4 members (excludes halogenated alkanes) is 16. The minimum absolute atomic E-state index is 0.0189. The van der Waals surface area contributed by atoms with Gasteiger partial charge in [0.25, 0.3) is 0 Å².